The van der Waals surface area contributed by atoms with Crippen LogP contribution in [0.2, 0.25) is 0 Å². The van der Waals surface area contributed by atoms with Gasteiger partial charge in [-0.3, -0.25) is 4.79 Å². The number of carbonyl (C=O) groups is 1. The lowest BCUT2D eigenvalue weighted by molar-refractivity contribution is 0.0937. The quantitative estimate of drug-likeness (QED) is 0.877. The average molecular weight is 369 g/mol. The number of aromatic nitrogens is 3. The predicted octanol–water partition coefficient (Wildman–Crippen LogP) is 2.72. The largest absolute Gasteiger partial charge is 0.378 e. The van der Waals surface area contributed by atoms with Gasteiger partial charge in [0.2, 0.25) is 0 Å². The molecule has 2 heterocycles. The summed E-state index contributed by atoms with van der Waals surface area (Å²) in [6.07, 6.45) is 6.62. The molecule has 2 aromatic rings. The maximum atomic E-state index is 12.7. The highest BCUT2D eigenvalue weighted by Gasteiger charge is 2.23. The molecule has 2 fully saturated rings. The number of rotatable bonds is 5. The first kappa shape index (κ1) is 18.0. The molecular weight excluding hydrogens is 342 g/mol. The smallest absolute Gasteiger partial charge is 0.251 e. The van der Waals surface area contributed by atoms with Crippen molar-refractivity contribution < 1.29 is 9.53 Å². The van der Waals surface area contributed by atoms with Gasteiger partial charge in [-0.05, 0) is 44.0 Å². The topological polar surface area (TPSA) is 72.3 Å². The summed E-state index contributed by atoms with van der Waals surface area (Å²) in [6.45, 7) is 5.25. The molecular formula is C20H27N5O2. The minimum atomic E-state index is -0.181. The number of carbonyl (C=O) groups excluding carboxylic acids is 1. The van der Waals surface area contributed by atoms with Crippen LogP contribution in [0, 0.1) is 0 Å². The van der Waals surface area contributed by atoms with Crippen LogP contribution in [-0.2, 0) is 4.74 Å². The van der Waals surface area contributed by atoms with E-state index in [1.54, 1.807) is 6.33 Å². The summed E-state index contributed by atoms with van der Waals surface area (Å²) in [6, 6.07) is 8.06. The van der Waals surface area contributed by atoms with Crippen LogP contribution in [0.4, 0.5) is 5.69 Å². The molecule has 1 aromatic carbocycles. The number of morpholine rings is 1. The van der Waals surface area contributed by atoms with E-state index in [1.807, 2.05) is 31.2 Å². The third-order valence-electron chi connectivity index (χ3n) is 5.56. The number of anilines is 1. The number of ether oxygens (including phenoxy) is 1. The summed E-state index contributed by atoms with van der Waals surface area (Å²) in [5.74, 6) is 0.747. The zero-order chi connectivity index (χ0) is 18.6. The summed E-state index contributed by atoms with van der Waals surface area (Å²) >= 11 is 0. The SMILES string of the molecule is CC(NC(=O)c1ccc(N2CCOCC2)cc1)c1nncn1C1CCCC1. The molecule has 0 bridgehead atoms. The van der Waals surface area contributed by atoms with Gasteiger partial charge in [0.1, 0.15) is 6.33 Å². The third kappa shape index (κ3) is 3.98. The van der Waals surface area contributed by atoms with Gasteiger partial charge in [-0.25, -0.2) is 0 Å². The lowest BCUT2D eigenvalue weighted by Crippen LogP contribution is -2.36. The number of hydrogen-bond donors (Lipinski definition) is 1. The van der Waals surface area contributed by atoms with Gasteiger partial charge < -0.3 is 19.5 Å². The Balaban J connectivity index is 1.40. The Kier molecular flexibility index (Phi) is 5.38. The van der Waals surface area contributed by atoms with E-state index in [0.717, 1.165) is 50.7 Å². The van der Waals surface area contributed by atoms with Gasteiger partial charge in [0, 0.05) is 30.4 Å². The Morgan fingerprint density at radius 2 is 1.89 bits per heavy atom. The van der Waals surface area contributed by atoms with Crippen molar-refractivity contribution in [3.05, 3.63) is 42.0 Å². The van der Waals surface area contributed by atoms with Gasteiger partial charge in [0.25, 0.3) is 5.91 Å². The second-order valence-corrected chi connectivity index (χ2v) is 7.38. The van der Waals surface area contributed by atoms with Crippen LogP contribution in [-0.4, -0.2) is 47.0 Å². The Bertz CT molecular complexity index is 761. The molecule has 1 N–H and O–H groups in total. The second-order valence-electron chi connectivity index (χ2n) is 7.38. The Morgan fingerprint density at radius 3 is 2.59 bits per heavy atom. The maximum Gasteiger partial charge on any atom is 0.251 e. The molecule has 1 atom stereocenters. The minimum Gasteiger partial charge on any atom is -0.378 e. The van der Waals surface area contributed by atoms with Crippen molar-refractivity contribution in [2.75, 3.05) is 31.2 Å². The predicted molar refractivity (Wildman–Crippen MR) is 103 cm³/mol. The van der Waals surface area contributed by atoms with Crippen molar-refractivity contribution in [3.63, 3.8) is 0 Å². The zero-order valence-electron chi connectivity index (χ0n) is 15.8. The van der Waals surface area contributed by atoms with Crippen LogP contribution in [0.1, 0.15) is 60.9 Å². The van der Waals surface area contributed by atoms with E-state index in [4.69, 9.17) is 4.74 Å². The van der Waals surface area contributed by atoms with E-state index in [2.05, 4.69) is 25.0 Å². The molecule has 1 unspecified atom stereocenters. The van der Waals surface area contributed by atoms with Crippen LogP contribution in [0.5, 0.6) is 0 Å². The van der Waals surface area contributed by atoms with Gasteiger partial charge in [0.05, 0.1) is 19.3 Å². The third-order valence-corrected chi connectivity index (χ3v) is 5.56. The Hall–Kier alpha value is -2.41. The lowest BCUT2D eigenvalue weighted by Gasteiger charge is -2.28. The minimum absolute atomic E-state index is 0.0861. The number of amides is 1. The first-order chi connectivity index (χ1) is 13.2. The van der Waals surface area contributed by atoms with Crippen LogP contribution in [0.15, 0.2) is 30.6 Å². The summed E-state index contributed by atoms with van der Waals surface area (Å²) in [7, 11) is 0. The van der Waals surface area contributed by atoms with Crippen LogP contribution in [0.25, 0.3) is 0 Å². The molecule has 1 aliphatic carbocycles. The van der Waals surface area contributed by atoms with Gasteiger partial charge in [0.15, 0.2) is 5.82 Å². The van der Waals surface area contributed by atoms with Crippen molar-refractivity contribution in [1.82, 2.24) is 20.1 Å². The molecule has 1 saturated heterocycles. The van der Waals surface area contributed by atoms with Gasteiger partial charge in [-0.2, -0.15) is 0 Å². The fourth-order valence-corrected chi connectivity index (χ4v) is 4.02. The van der Waals surface area contributed by atoms with E-state index in [0.29, 0.717) is 11.6 Å². The van der Waals surface area contributed by atoms with Crippen LogP contribution < -0.4 is 10.2 Å². The fraction of sp³-hybridized carbons (Fsp3) is 0.550. The van der Waals surface area contributed by atoms with E-state index in [1.165, 1.54) is 12.8 Å². The molecule has 1 aliphatic heterocycles. The van der Waals surface area contributed by atoms with E-state index in [-0.39, 0.29) is 11.9 Å². The maximum absolute atomic E-state index is 12.7. The summed E-state index contributed by atoms with van der Waals surface area (Å²) in [4.78, 5) is 14.9. The molecule has 2 aliphatic rings. The van der Waals surface area contributed by atoms with Crippen LogP contribution in [0.3, 0.4) is 0 Å². The van der Waals surface area contributed by atoms with E-state index < -0.39 is 0 Å². The highest BCUT2D eigenvalue weighted by molar-refractivity contribution is 5.94. The normalized spacial score (nSPS) is 19.2. The van der Waals surface area contributed by atoms with Gasteiger partial charge in [-0.1, -0.05) is 12.8 Å². The zero-order valence-corrected chi connectivity index (χ0v) is 15.8. The monoisotopic (exact) mass is 369 g/mol. The van der Waals surface area contributed by atoms with Crippen molar-refractivity contribution in [2.45, 2.75) is 44.7 Å². The standard InChI is InChI=1S/C20H27N5O2/c1-15(19-23-21-14-25(19)18-4-2-3-5-18)22-20(26)16-6-8-17(9-7-16)24-10-12-27-13-11-24/h6-9,14-15,18H,2-5,10-13H2,1H3,(H,22,26). The number of nitrogens with one attached hydrogen (secondary N) is 1. The van der Waals surface area contributed by atoms with Crippen LogP contribution >= 0.6 is 0 Å². The van der Waals surface area contributed by atoms with E-state index in [9.17, 15) is 4.79 Å². The van der Waals surface area contributed by atoms with E-state index >= 15 is 0 Å². The highest BCUT2D eigenvalue weighted by atomic mass is 16.5. The summed E-state index contributed by atoms with van der Waals surface area (Å²) in [5.41, 5.74) is 1.79. The summed E-state index contributed by atoms with van der Waals surface area (Å²) < 4.78 is 7.53. The lowest BCUT2D eigenvalue weighted by atomic mass is 10.1. The molecule has 4 rings (SSSR count). The number of benzene rings is 1. The number of hydrogen-bond acceptors (Lipinski definition) is 5. The highest BCUT2D eigenvalue weighted by Crippen LogP contribution is 2.31. The Labute approximate surface area is 159 Å². The van der Waals surface area contributed by atoms with Crippen molar-refractivity contribution in [3.8, 4) is 0 Å². The molecule has 7 nitrogen and oxygen atoms in total. The van der Waals surface area contributed by atoms with Crippen molar-refractivity contribution >= 4 is 11.6 Å². The Morgan fingerprint density at radius 1 is 1.19 bits per heavy atom. The molecule has 1 aromatic heterocycles. The summed E-state index contributed by atoms with van der Waals surface area (Å²) in [5, 5.41) is 11.4. The van der Waals surface area contributed by atoms with Crippen molar-refractivity contribution in [1.29, 1.82) is 0 Å². The second kappa shape index (κ2) is 8.08. The first-order valence-corrected chi connectivity index (χ1v) is 9.85. The average Bonchev–Trinajstić information content (AvgIpc) is 3.40. The molecule has 7 heteroatoms. The molecule has 0 radical (unpaired) electrons. The van der Waals surface area contributed by atoms with Crippen molar-refractivity contribution in [2.24, 2.45) is 0 Å². The molecule has 144 valence electrons. The van der Waals surface area contributed by atoms with Gasteiger partial charge >= 0.3 is 0 Å². The molecule has 27 heavy (non-hydrogen) atoms. The molecule has 0 spiro atoms. The fourth-order valence-electron chi connectivity index (χ4n) is 4.02. The molecule has 1 saturated carbocycles. The first-order valence-electron chi connectivity index (χ1n) is 9.85. The number of nitrogens with zero attached hydrogens (tertiary/aromatic N) is 4. The van der Waals surface area contributed by atoms with Gasteiger partial charge in [-0.15, -0.1) is 10.2 Å². The molecule has 1 amide bonds.